The number of sulfonamides is 1. The van der Waals surface area contributed by atoms with Crippen LogP contribution < -0.4 is 10.6 Å². The summed E-state index contributed by atoms with van der Waals surface area (Å²) in [6.07, 6.45) is 0. The maximum Gasteiger partial charge on any atom is 0.253 e. The van der Waals surface area contributed by atoms with Crippen LogP contribution in [0.25, 0.3) is 0 Å². The third-order valence-corrected chi connectivity index (χ3v) is 4.92. The molecule has 0 atom stereocenters. The van der Waals surface area contributed by atoms with Gasteiger partial charge in [-0.05, 0) is 36.6 Å². The predicted octanol–water partition coefficient (Wildman–Crippen LogP) is 0.288. The van der Waals surface area contributed by atoms with Crippen molar-refractivity contribution in [3.8, 4) is 0 Å². The molecule has 1 aromatic rings. The summed E-state index contributed by atoms with van der Waals surface area (Å²) in [7, 11) is -3.58. The third-order valence-electron chi connectivity index (χ3n) is 3.40. The molecule has 112 valence electrons. The highest BCUT2D eigenvalue weighted by molar-refractivity contribution is 7.89. The summed E-state index contributed by atoms with van der Waals surface area (Å²) in [5.41, 5.74) is 8.23. The van der Waals surface area contributed by atoms with Crippen LogP contribution in [0.2, 0.25) is 0 Å². The summed E-state index contributed by atoms with van der Waals surface area (Å²) in [6, 6.07) is 3.52. The fourth-order valence-electron chi connectivity index (χ4n) is 2.26. The Morgan fingerprint density at radius 1 is 1.25 bits per heavy atom. The maximum atomic E-state index is 12.5. The van der Waals surface area contributed by atoms with E-state index in [4.69, 9.17) is 10.5 Å². The number of aryl methyl sites for hydroxylation is 2. The molecule has 7 heteroatoms. The largest absolute Gasteiger partial charge is 0.379 e. The molecule has 0 spiro atoms. The van der Waals surface area contributed by atoms with Gasteiger partial charge in [0.15, 0.2) is 0 Å². The Balaban J connectivity index is 2.28. The lowest BCUT2D eigenvalue weighted by molar-refractivity contribution is 0.0272. The van der Waals surface area contributed by atoms with Crippen molar-refractivity contribution < 1.29 is 13.2 Å². The van der Waals surface area contributed by atoms with E-state index in [-0.39, 0.29) is 4.90 Å². The predicted molar refractivity (Wildman–Crippen MR) is 76.5 cm³/mol. The van der Waals surface area contributed by atoms with E-state index < -0.39 is 10.0 Å². The normalized spacial score (nSPS) is 17.4. The van der Waals surface area contributed by atoms with Crippen molar-refractivity contribution in [3.63, 3.8) is 0 Å². The summed E-state index contributed by atoms with van der Waals surface area (Å²) in [6.45, 7) is 6.21. The van der Waals surface area contributed by atoms with E-state index in [1.165, 1.54) is 0 Å². The molecular weight excluding hydrogens is 278 g/mol. The van der Waals surface area contributed by atoms with Crippen molar-refractivity contribution in [3.05, 3.63) is 28.8 Å². The van der Waals surface area contributed by atoms with Crippen molar-refractivity contribution in [2.75, 3.05) is 26.3 Å². The molecule has 1 saturated heterocycles. The van der Waals surface area contributed by atoms with Gasteiger partial charge in [-0.1, -0.05) is 6.07 Å². The molecule has 0 aliphatic carbocycles. The molecule has 1 aliphatic heterocycles. The zero-order valence-corrected chi connectivity index (χ0v) is 12.7. The Labute approximate surface area is 119 Å². The molecule has 0 radical (unpaired) electrons. The monoisotopic (exact) mass is 299 g/mol. The lowest BCUT2D eigenvalue weighted by Gasteiger charge is -2.27. The molecule has 1 aliphatic rings. The number of nitrogens with two attached hydrogens (primary N) is 1. The number of rotatable bonds is 4. The van der Waals surface area contributed by atoms with Gasteiger partial charge in [-0.3, -0.25) is 0 Å². The first-order chi connectivity index (χ1) is 9.44. The smallest absolute Gasteiger partial charge is 0.253 e. The minimum absolute atomic E-state index is 0.287. The molecule has 0 amide bonds. The molecule has 2 rings (SSSR count). The van der Waals surface area contributed by atoms with Gasteiger partial charge < -0.3 is 10.5 Å². The number of hydrazine groups is 1. The second-order valence-corrected chi connectivity index (χ2v) is 6.57. The molecule has 0 unspecified atom stereocenters. The zero-order chi connectivity index (χ0) is 14.8. The minimum Gasteiger partial charge on any atom is -0.379 e. The van der Waals surface area contributed by atoms with E-state index >= 15 is 0 Å². The van der Waals surface area contributed by atoms with Gasteiger partial charge in [-0.15, -0.1) is 4.83 Å². The van der Waals surface area contributed by atoms with E-state index in [0.717, 1.165) is 16.7 Å². The second kappa shape index (κ2) is 6.19. The van der Waals surface area contributed by atoms with E-state index in [9.17, 15) is 8.42 Å². The second-order valence-electron chi connectivity index (χ2n) is 4.94. The van der Waals surface area contributed by atoms with E-state index in [1.54, 1.807) is 18.0 Å². The van der Waals surface area contributed by atoms with E-state index in [0.29, 0.717) is 32.8 Å². The third kappa shape index (κ3) is 3.36. The van der Waals surface area contributed by atoms with E-state index in [2.05, 4.69) is 4.83 Å². The van der Waals surface area contributed by atoms with Gasteiger partial charge in [-0.25, -0.2) is 13.4 Å². The van der Waals surface area contributed by atoms with Crippen LogP contribution >= 0.6 is 0 Å². The summed E-state index contributed by atoms with van der Waals surface area (Å²) in [4.78, 5) is 2.89. The van der Waals surface area contributed by atoms with Crippen molar-refractivity contribution in [1.29, 1.82) is 0 Å². The summed E-state index contributed by atoms with van der Waals surface area (Å²) in [5, 5.41) is 1.67. The Morgan fingerprint density at radius 2 is 1.90 bits per heavy atom. The van der Waals surface area contributed by atoms with E-state index in [1.807, 2.05) is 13.0 Å². The van der Waals surface area contributed by atoms with Gasteiger partial charge in [0.25, 0.3) is 10.0 Å². The lowest BCUT2D eigenvalue weighted by atomic mass is 10.1. The number of benzene rings is 1. The number of ether oxygens (including phenoxy) is 1. The van der Waals surface area contributed by atoms with Crippen LogP contribution in [0.15, 0.2) is 17.0 Å². The van der Waals surface area contributed by atoms with Gasteiger partial charge in [0.05, 0.1) is 18.1 Å². The number of morpholine rings is 1. The Hall–Kier alpha value is -0.990. The van der Waals surface area contributed by atoms with Crippen molar-refractivity contribution in [1.82, 2.24) is 9.84 Å². The summed E-state index contributed by atoms with van der Waals surface area (Å²) in [5.74, 6) is 0. The molecule has 1 aromatic carbocycles. The average Bonchev–Trinajstić information content (AvgIpc) is 2.39. The Kier molecular flexibility index (Phi) is 4.77. The quantitative estimate of drug-likeness (QED) is 0.834. The fraction of sp³-hybridized carbons (Fsp3) is 0.538. The van der Waals surface area contributed by atoms with Crippen molar-refractivity contribution in [2.24, 2.45) is 5.73 Å². The first-order valence-electron chi connectivity index (χ1n) is 6.59. The van der Waals surface area contributed by atoms with Gasteiger partial charge in [-0.2, -0.15) is 0 Å². The molecular formula is C13H21N3O3S. The first kappa shape index (κ1) is 15.4. The number of hydrogen-bond donors (Lipinski definition) is 2. The molecule has 1 heterocycles. The lowest BCUT2D eigenvalue weighted by Crippen LogP contribution is -2.48. The van der Waals surface area contributed by atoms with Crippen molar-refractivity contribution in [2.45, 2.75) is 25.3 Å². The Morgan fingerprint density at radius 3 is 2.50 bits per heavy atom. The molecule has 6 nitrogen and oxygen atoms in total. The highest BCUT2D eigenvalue weighted by Gasteiger charge is 2.22. The fourth-order valence-corrected chi connectivity index (χ4v) is 3.66. The van der Waals surface area contributed by atoms with Crippen LogP contribution in [0, 0.1) is 13.8 Å². The number of hydrogen-bond acceptors (Lipinski definition) is 5. The molecule has 20 heavy (non-hydrogen) atoms. The topological polar surface area (TPSA) is 84.7 Å². The minimum atomic E-state index is -3.58. The summed E-state index contributed by atoms with van der Waals surface area (Å²) < 4.78 is 30.1. The van der Waals surface area contributed by atoms with Gasteiger partial charge in [0.2, 0.25) is 0 Å². The average molecular weight is 299 g/mol. The maximum absolute atomic E-state index is 12.5. The SMILES string of the molecule is Cc1cc(C)c(S(=O)(=O)NN2CCOCC2)cc1CN. The van der Waals surface area contributed by atoms with Gasteiger partial charge in [0.1, 0.15) is 0 Å². The van der Waals surface area contributed by atoms with Crippen LogP contribution in [-0.2, 0) is 21.3 Å². The van der Waals surface area contributed by atoms with Gasteiger partial charge >= 0.3 is 0 Å². The summed E-state index contributed by atoms with van der Waals surface area (Å²) >= 11 is 0. The number of nitrogens with one attached hydrogen (secondary N) is 1. The highest BCUT2D eigenvalue weighted by Crippen LogP contribution is 2.20. The molecule has 0 saturated carbocycles. The van der Waals surface area contributed by atoms with Crippen LogP contribution in [0.5, 0.6) is 0 Å². The highest BCUT2D eigenvalue weighted by atomic mass is 32.2. The van der Waals surface area contributed by atoms with Crippen LogP contribution in [0.3, 0.4) is 0 Å². The van der Waals surface area contributed by atoms with Crippen LogP contribution in [-0.4, -0.2) is 39.7 Å². The van der Waals surface area contributed by atoms with Crippen molar-refractivity contribution >= 4 is 10.0 Å². The molecule has 3 N–H and O–H groups in total. The molecule has 1 fully saturated rings. The first-order valence-corrected chi connectivity index (χ1v) is 8.07. The van der Waals surface area contributed by atoms with Crippen LogP contribution in [0.1, 0.15) is 16.7 Å². The zero-order valence-electron chi connectivity index (χ0n) is 11.8. The molecule has 0 aromatic heterocycles. The number of nitrogens with zero attached hydrogens (tertiary/aromatic N) is 1. The van der Waals surface area contributed by atoms with Crippen LogP contribution in [0.4, 0.5) is 0 Å². The van der Waals surface area contributed by atoms with Gasteiger partial charge in [0, 0.05) is 19.6 Å². The molecule has 0 bridgehead atoms. The standard InChI is InChI=1S/C13H21N3O3S/c1-10-7-11(2)13(8-12(10)9-14)20(17,18)15-16-3-5-19-6-4-16/h7-8,15H,3-6,9,14H2,1-2H3. The Bertz CT molecular complexity index is 581.